The van der Waals surface area contributed by atoms with Crippen LogP contribution >= 0.6 is 0 Å². The lowest BCUT2D eigenvalue weighted by molar-refractivity contribution is -0.0454. The summed E-state index contributed by atoms with van der Waals surface area (Å²) in [5.74, 6) is 1.75. The van der Waals surface area contributed by atoms with Crippen molar-refractivity contribution in [1.82, 2.24) is 15.1 Å². The molecule has 0 aromatic heterocycles. The van der Waals surface area contributed by atoms with Crippen LogP contribution in [0.2, 0.25) is 0 Å². The zero-order valence-corrected chi connectivity index (χ0v) is 15.9. The third-order valence-corrected chi connectivity index (χ3v) is 6.11. The summed E-state index contributed by atoms with van der Waals surface area (Å²) in [6.07, 6.45) is 5.32. The maximum atomic E-state index is 6.07. The van der Waals surface area contributed by atoms with Crippen molar-refractivity contribution in [1.29, 1.82) is 0 Å². The number of hydrogen-bond donors (Lipinski definition) is 1. The molecule has 0 spiro atoms. The number of morpholine rings is 1. The molecule has 0 amide bonds. The Balaban J connectivity index is 1.24. The molecule has 0 aliphatic carbocycles. The molecule has 3 aliphatic heterocycles. The molecule has 1 aromatic rings. The Morgan fingerprint density at radius 2 is 2.08 bits per heavy atom. The number of likely N-dealkylation sites (tertiary alicyclic amines) is 1. The largest absolute Gasteiger partial charge is 0.373 e. The summed E-state index contributed by atoms with van der Waals surface area (Å²) in [5, 5.41) is 3.57. The molecule has 3 fully saturated rings. The first-order valence-electron chi connectivity index (χ1n) is 10.2. The molecule has 1 aromatic carbocycles. The number of ether oxygens (including phenoxy) is 1. The summed E-state index contributed by atoms with van der Waals surface area (Å²) in [6, 6.07) is 11.5. The fraction of sp³-hybridized carbons (Fsp3) is 0.667. The normalized spacial score (nSPS) is 29.8. The lowest BCUT2D eigenvalue weighted by atomic mass is 9.99. The fourth-order valence-electron chi connectivity index (χ4n) is 4.69. The predicted molar refractivity (Wildman–Crippen MR) is 106 cm³/mol. The van der Waals surface area contributed by atoms with Crippen LogP contribution in [0, 0.1) is 5.92 Å². The third-order valence-electron chi connectivity index (χ3n) is 6.11. The van der Waals surface area contributed by atoms with Gasteiger partial charge in [-0.2, -0.15) is 0 Å². The van der Waals surface area contributed by atoms with Crippen LogP contribution < -0.4 is 5.32 Å². The maximum absolute atomic E-state index is 6.07. The Morgan fingerprint density at radius 1 is 1.19 bits per heavy atom. The molecular weight excluding hydrogens is 324 g/mol. The Labute approximate surface area is 157 Å². The number of hydrogen-bond acceptors (Lipinski definition) is 3. The highest BCUT2D eigenvalue weighted by Crippen LogP contribution is 2.23. The second-order valence-corrected chi connectivity index (χ2v) is 7.96. The van der Waals surface area contributed by atoms with Gasteiger partial charge in [-0.05, 0) is 43.7 Å². The number of rotatable bonds is 4. The van der Waals surface area contributed by atoms with Gasteiger partial charge in [-0.25, -0.2) is 0 Å². The summed E-state index contributed by atoms with van der Waals surface area (Å²) in [5.41, 5.74) is 1.44. The minimum Gasteiger partial charge on any atom is -0.373 e. The number of benzene rings is 1. The molecule has 4 rings (SSSR count). The number of nitrogens with one attached hydrogen (secondary N) is 1. The SMILES string of the molecule is CN=C(NCC1CN2CCCC2CO1)N1CCC(Cc2ccccc2)C1. The third kappa shape index (κ3) is 4.21. The van der Waals surface area contributed by atoms with Crippen molar-refractivity contribution in [3.63, 3.8) is 0 Å². The van der Waals surface area contributed by atoms with Gasteiger partial charge < -0.3 is 15.0 Å². The van der Waals surface area contributed by atoms with Crippen LogP contribution in [-0.2, 0) is 11.2 Å². The fourth-order valence-corrected chi connectivity index (χ4v) is 4.69. The molecule has 3 saturated heterocycles. The van der Waals surface area contributed by atoms with E-state index >= 15 is 0 Å². The van der Waals surface area contributed by atoms with Crippen LogP contribution in [0.4, 0.5) is 0 Å². The van der Waals surface area contributed by atoms with Gasteiger partial charge in [0.25, 0.3) is 0 Å². The van der Waals surface area contributed by atoms with Crippen LogP contribution in [0.3, 0.4) is 0 Å². The smallest absolute Gasteiger partial charge is 0.193 e. The van der Waals surface area contributed by atoms with Gasteiger partial charge in [0, 0.05) is 39.3 Å². The molecule has 3 unspecified atom stereocenters. The van der Waals surface area contributed by atoms with Gasteiger partial charge in [-0.1, -0.05) is 30.3 Å². The number of fused-ring (bicyclic) bond motifs is 1. The predicted octanol–water partition coefficient (Wildman–Crippen LogP) is 1.99. The molecule has 0 bridgehead atoms. The quantitative estimate of drug-likeness (QED) is 0.662. The Hall–Kier alpha value is -1.59. The summed E-state index contributed by atoms with van der Waals surface area (Å²) in [7, 11) is 1.89. The van der Waals surface area contributed by atoms with E-state index in [1.54, 1.807) is 0 Å². The zero-order valence-electron chi connectivity index (χ0n) is 15.9. The molecule has 3 aliphatic rings. The Bertz CT molecular complexity index is 605. The molecule has 0 radical (unpaired) electrons. The summed E-state index contributed by atoms with van der Waals surface area (Å²) in [6.45, 7) is 6.24. The van der Waals surface area contributed by atoms with Gasteiger partial charge >= 0.3 is 0 Å². The average molecular weight is 357 g/mol. The van der Waals surface area contributed by atoms with Crippen LogP contribution in [0.15, 0.2) is 35.3 Å². The first-order valence-corrected chi connectivity index (χ1v) is 10.2. The maximum Gasteiger partial charge on any atom is 0.193 e. The van der Waals surface area contributed by atoms with Crippen LogP contribution in [0.25, 0.3) is 0 Å². The monoisotopic (exact) mass is 356 g/mol. The molecular formula is C21H32N4O. The number of aliphatic imine (C=N–C) groups is 1. The highest BCUT2D eigenvalue weighted by Gasteiger charge is 2.32. The van der Waals surface area contributed by atoms with Crippen molar-refractivity contribution >= 4 is 5.96 Å². The van der Waals surface area contributed by atoms with Crippen molar-refractivity contribution in [3.05, 3.63) is 35.9 Å². The molecule has 142 valence electrons. The van der Waals surface area contributed by atoms with E-state index in [2.05, 4.69) is 50.4 Å². The van der Waals surface area contributed by atoms with Crippen molar-refractivity contribution in [2.45, 2.75) is 37.8 Å². The number of nitrogens with zero attached hydrogens (tertiary/aromatic N) is 3. The molecule has 26 heavy (non-hydrogen) atoms. The van der Waals surface area contributed by atoms with E-state index in [1.165, 1.54) is 31.4 Å². The van der Waals surface area contributed by atoms with Gasteiger partial charge in [0.05, 0.1) is 12.7 Å². The standard InChI is InChI=1S/C21H32N4O/c1-22-21(23-13-20-15-24-10-5-8-19(24)16-26-20)25-11-9-18(14-25)12-17-6-3-2-4-7-17/h2-4,6-7,18-20H,5,8-16H2,1H3,(H,22,23). The Morgan fingerprint density at radius 3 is 2.92 bits per heavy atom. The lowest BCUT2D eigenvalue weighted by Gasteiger charge is -2.35. The van der Waals surface area contributed by atoms with Crippen LogP contribution in [0.1, 0.15) is 24.8 Å². The summed E-state index contributed by atoms with van der Waals surface area (Å²) < 4.78 is 6.07. The van der Waals surface area contributed by atoms with E-state index in [4.69, 9.17) is 4.74 Å². The van der Waals surface area contributed by atoms with Gasteiger partial charge in [0.1, 0.15) is 0 Å². The van der Waals surface area contributed by atoms with E-state index in [1.807, 2.05) is 7.05 Å². The highest BCUT2D eigenvalue weighted by molar-refractivity contribution is 5.80. The molecule has 1 N–H and O–H groups in total. The van der Waals surface area contributed by atoms with Gasteiger partial charge in [0.15, 0.2) is 5.96 Å². The van der Waals surface area contributed by atoms with E-state index in [-0.39, 0.29) is 6.10 Å². The molecule has 5 heteroatoms. The van der Waals surface area contributed by atoms with Crippen LogP contribution in [-0.4, -0.2) is 74.3 Å². The minimum absolute atomic E-state index is 0.281. The van der Waals surface area contributed by atoms with Gasteiger partial charge in [0.2, 0.25) is 0 Å². The van der Waals surface area contributed by atoms with E-state index in [9.17, 15) is 0 Å². The van der Waals surface area contributed by atoms with Crippen molar-refractivity contribution in [2.24, 2.45) is 10.9 Å². The zero-order chi connectivity index (χ0) is 17.8. The topological polar surface area (TPSA) is 40.1 Å². The van der Waals surface area contributed by atoms with Crippen molar-refractivity contribution in [3.8, 4) is 0 Å². The second kappa shape index (κ2) is 8.40. The lowest BCUT2D eigenvalue weighted by Crippen LogP contribution is -2.51. The van der Waals surface area contributed by atoms with Gasteiger partial charge in [-0.15, -0.1) is 0 Å². The number of guanidine groups is 1. The Kier molecular flexibility index (Phi) is 5.75. The first-order chi connectivity index (χ1) is 12.8. The first kappa shape index (κ1) is 17.8. The summed E-state index contributed by atoms with van der Waals surface area (Å²) >= 11 is 0. The summed E-state index contributed by atoms with van der Waals surface area (Å²) in [4.78, 5) is 9.54. The average Bonchev–Trinajstić information content (AvgIpc) is 3.32. The minimum atomic E-state index is 0.281. The van der Waals surface area contributed by atoms with Crippen molar-refractivity contribution < 1.29 is 4.74 Å². The van der Waals surface area contributed by atoms with E-state index in [0.29, 0.717) is 12.0 Å². The molecule has 5 nitrogen and oxygen atoms in total. The molecule has 0 saturated carbocycles. The van der Waals surface area contributed by atoms with Crippen LogP contribution in [0.5, 0.6) is 0 Å². The van der Waals surface area contributed by atoms with E-state index < -0.39 is 0 Å². The van der Waals surface area contributed by atoms with Crippen molar-refractivity contribution in [2.75, 3.05) is 46.4 Å². The second-order valence-electron chi connectivity index (χ2n) is 7.96. The molecule has 3 heterocycles. The van der Waals surface area contributed by atoms with E-state index in [0.717, 1.165) is 45.2 Å². The van der Waals surface area contributed by atoms with Gasteiger partial charge in [-0.3, -0.25) is 9.89 Å². The highest BCUT2D eigenvalue weighted by atomic mass is 16.5. The molecule has 3 atom stereocenters.